The molecule has 2 unspecified atom stereocenters. The Morgan fingerprint density at radius 3 is 2.22 bits per heavy atom. The Labute approximate surface area is 206 Å². The molecule has 2 aromatic carbocycles. The SMILES string of the molecule is CC(=O)OCC(OC(C)=O)C(OC(C)=O)/C(=N/Nc1ccccc1)c1nc2ccccc2n(C)c1=O. The molecule has 0 spiro atoms. The van der Waals surface area contributed by atoms with Gasteiger partial charge in [-0.1, -0.05) is 30.3 Å². The molecule has 0 saturated heterocycles. The molecule has 11 nitrogen and oxygen atoms in total. The van der Waals surface area contributed by atoms with Gasteiger partial charge in [0.25, 0.3) is 5.56 Å². The second kappa shape index (κ2) is 11.7. The number of carbonyl (C=O) groups excluding carboxylic acids is 3. The number of ether oxygens (including phenoxy) is 3. The largest absolute Gasteiger partial charge is 0.462 e. The number of esters is 3. The summed E-state index contributed by atoms with van der Waals surface area (Å²) < 4.78 is 17.3. The second-order valence-corrected chi connectivity index (χ2v) is 7.77. The normalized spacial score (nSPS) is 12.9. The van der Waals surface area contributed by atoms with Gasteiger partial charge in [-0.3, -0.25) is 24.6 Å². The zero-order chi connectivity index (χ0) is 26.2. The molecule has 3 rings (SSSR count). The highest BCUT2D eigenvalue weighted by atomic mass is 16.6. The van der Waals surface area contributed by atoms with Crippen molar-refractivity contribution in [2.24, 2.45) is 12.1 Å². The van der Waals surface area contributed by atoms with Gasteiger partial charge in [-0.2, -0.15) is 5.10 Å². The van der Waals surface area contributed by atoms with Gasteiger partial charge in [-0.05, 0) is 24.3 Å². The van der Waals surface area contributed by atoms with Crippen LogP contribution in [0.25, 0.3) is 11.0 Å². The molecule has 0 fully saturated rings. The van der Waals surface area contributed by atoms with Crippen LogP contribution in [-0.4, -0.2) is 52.0 Å². The average molecular weight is 495 g/mol. The summed E-state index contributed by atoms with van der Waals surface area (Å²) in [6.07, 6.45) is -2.76. The first-order valence-electron chi connectivity index (χ1n) is 11.0. The summed E-state index contributed by atoms with van der Waals surface area (Å²) in [5.74, 6) is -2.11. The Morgan fingerprint density at radius 2 is 1.58 bits per heavy atom. The van der Waals surface area contributed by atoms with Crippen LogP contribution in [0.15, 0.2) is 64.5 Å². The van der Waals surface area contributed by atoms with Gasteiger partial charge >= 0.3 is 17.9 Å². The molecule has 2 atom stereocenters. The first kappa shape index (κ1) is 26.1. The molecule has 0 bridgehead atoms. The number of nitrogens with zero attached hydrogens (tertiary/aromatic N) is 3. The van der Waals surface area contributed by atoms with E-state index in [1.165, 1.54) is 11.5 Å². The van der Waals surface area contributed by atoms with Gasteiger partial charge < -0.3 is 18.8 Å². The van der Waals surface area contributed by atoms with Crippen LogP contribution in [0.1, 0.15) is 26.5 Å². The number of hydrogen-bond donors (Lipinski definition) is 1. The zero-order valence-corrected chi connectivity index (χ0v) is 20.3. The van der Waals surface area contributed by atoms with Crippen LogP contribution >= 0.6 is 0 Å². The van der Waals surface area contributed by atoms with Gasteiger partial charge in [0.2, 0.25) is 0 Å². The Kier molecular flexibility index (Phi) is 8.50. The van der Waals surface area contributed by atoms with E-state index in [2.05, 4.69) is 15.5 Å². The fourth-order valence-corrected chi connectivity index (χ4v) is 3.42. The Bertz CT molecular complexity index is 1350. The number of rotatable bonds is 9. The summed E-state index contributed by atoms with van der Waals surface area (Å²) in [6, 6.07) is 15.8. The number of benzene rings is 2. The maximum absolute atomic E-state index is 13.4. The second-order valence-electron chi connectivity index (χ2n) is 7.77. The highest BCUT2D eigenvalue weighted by Crippen LogP contribution is 2.17. The molecule has 1 aromatic heterocycles. The minimum absolute atomic E-state index is 0.126. The van der Waals surface area contributed by atoms with Crippen LogP contribution < -0.4 is 11.0 Å². The summed E-state index contributed by atoms with van der Waals surface area (Å²) >= 11 is 0. The lowest BCUT2D eigenvalue weighted by molar-refractivity contribution is -0.167. The number of aryl methyl sites for hydroxylation is 1. The van der Waals surface area contributed by atoms with E-state index in [1.54, 1.807) is 55.6 Å². The minimum atomic E-state index is -1.44. The van der Waals surface area contributed by atoms with Crippen molar-refractivity contribution in [3.05, 3.63) is 70.6 Å². The smallest absolute Gasteiger partial charge is 0.303 e. The molecule has 0 aliphatic carbocycles. The summed E-state index contributed by atoms with van der Waals surface area (Å²) in [4.78, 5) is 53.4. The van der Waals surface area contributed by atoms with Crippen molar-refractivity contribution < 1.29 is 28.6 Å². The van der Waals surface area contributed by atoms with E-state index in [4.69, 9.17) is 14.2 Å². The quantitative estimate of drug-likeness (QED) is 0.205. The monoisotopic (exact) mass is 494 g/mol. The molecule has 1 heterocycles. The summed E-state index contributed by atoms with van der Waals surface area (Å²) in [7, 11) is 1.57. The standard InChI is InChI=1S/C25H26N4O7/c1-15(30)34-14-21(35-16(2)31)24(36-17(3)32)22(28-27-18-10-6-5-7-11-18)23-25(33)29(4)20-13-9-8-12-19(20)26-23/h5-13,21,24,27H,14H2,1-4H3/b28-22+. The summed E-state index contributed by atoms with van der Waals surface area (Å²) in [5.41, 5.74) is 3.64. The number of nitrogens with one attached hydrogen (secondary N) is 1. The number of fused-ring (bicyclic) bond motifs is 1. The molecule has 11 heteroatoms. The van der Waals surface area contributed by atoms with Crippen molar-refractivity contribution in [2.45, 2.75) is 33.0 Å². The zero-order valence-electron chi connectivity index (χ0n) is 20.3. The van der Waals surface area contributed by atoms with Crippen LogP contribution in [0, 0.1) is 0 Å². The van der Waals surface area contributed by atoms with Crippen LogP contribution in [0.2, 0.25) is 0 Å². The van der Waals surface area contributed by atoms with Gasteiger partial charge in [0, 0.05) is 27.8 Å². The Hall–Kier alpha value is -4.54. The lowest BCUT2D eigenvalue weighted by Crippen LogP contribution is -2.46. The molecular weight excluding hydrogens is 468 g/mol. The van der Waals surface area contributed by atoms with Gasteiger partial charge in [-0.15, -0.1) is 0 Å². The molecule has 36 heavy (non-hydrogen) atoms. The predicted octanol–water partition coefficient (Wildman–Crippen LogP) is 2.18. The minimum Gasteiger partial charge on any atom is -0.462 e. The number of para-hydroxylation sites is 3. The van der Waals surface area contributed by atoms with Gasteiger partial charge in [0.05, 0.1) is 16.7 Å². The van der Waals surface area contributed by atoms with Crippen molar-refractivity contribution in [1.29, 1.82) is 0 Å². The lowest BCUT2D eigenvalue weighted by Gasteiger charge is -2.27. The Balaban J connectivity index is 2.23. The number of aromatic nitrogens is 2. The first-order chi connectivity index (χ1) is 17.2. The van der Waals surface area contributed by atoms with E-state index in [0.29, 0.717) is 16.7 Å². The number of anilines is 1. The number of carbonyl (C=O) groups is 3. The number of hydrogen-bond acceptors (Lipinski definition) is 10. The van der Waals surface area contributed by atoms with Crippen molar-refractivity contribution >= 4 is 40.3 Å². The fourth-order valence-electron chi connectivity index (χ4n) is 3.42. The highest BCUT2D eigenvalue weighted by molar-refractivity contribution is 6.04. The number of hydrazone groups is 1. The van der Waals surface area contributed by atoms with E-state index >= 15 is 0 Å². The maximum Gasteiger partial charge on any atom is 0.303 e. The van der Waals surface area contributed by atoms with Crippen LogP contribution in [0.3, 0.4) is 0 Å². The molecule has 1 N–H and O–H groups in total. The third-order valence-corrected chi connectivity index (χ3v) is 4.97. The molecule has 0 radical (unpaired) electrons. The van der Waals surface area contributed by atoms with Crippen molar-refractivity contribution in [3.63, 3.8) is 0 Å². The van der Waals surface area contributed by atoms with Crippen molar-refractivity contribution in [2.75, 3.05) is 12.0 Å². The highest BCUT2D eigenvalue weighted by Gasteiger charge is 2.36. The molecule has 0 aliphatic rings. The summed E-state index contributed by atoms with van der Waals surface area (Å²) in [5, 5.41) is 4.36. The van der Waals surface area contributed by atoms with E-state index in [1.807, 2.05) is 6.07 Å². The third kappa shape index (κ3) is 6.53. The molecular formula is C25H26N4O7. The molecule has 188 valence electrons. The molecule has 0 amide bonds. The lowest BCUT2D eigenvalue weighted by atomic mass is 10.1. The van der Waals surface area contributed by atoms with Crippen molar-refractivity contribution in [3.8, 4) is 0 Å². The average Bonchev–Trinajstić information content (AvgIpc) is 2.84. The van der Waals surface area contributed by atoms with E-state index in [-0.39, 0.29) is 11.4 Å². The Morgan fingerprint density at radius 1 is 0.944 bits per heavy atom. The topological polar surface area (TPSA) is 138 Å². The van der Waals surface area contributed by atoms with E-state index in [0.717, 1.165) is 13.8 Å². The predicted molar refractivity (Wildman–Crippen MR) is 131 cm³/mol. The third-order valence-electron chi connectivity index (χ3n) is 4.97. The van der Waals surface area contributed by atoms with Crippen LogP contribution in [0.5, 0.6) is 0 Å². The maximum atomic E-state index is 13.4. The van der Waals surface area contributed by atoms with E-state index < -0.39 is 42.3 Å². The van der Waals surface area contributed by atoms with Gasteiger partial charge in [-0.25, -0.2) is 4.98 Å². The first-order valence-corrected chi connectivity index (χ1v) is 11.0. The van der Waals surface area contributed by atoms with E-state index in [9.17, 15) is 19.2 Å². The van der Waals surface area contributed by atoms with Crippen LogP contribution in [0.4, 0.5) is 5.69 Å². The van der Waals surface area contributed by atoms with Crippen LogP contribution in [-0.2, 0) is 35.6 Å². The van der Waals surface area contributed by atoms with Crippen molar-refractivity contribution in [1.82, 2.24) is 9.55 Å². The van der Waals surface area contributed by atoms with Gasteiger partial charge in [0.15, 0.2) is 17.9 Å². The molecule has 3 aromatic rings. The fraction of sp³-hybridized carbons (Fsp3) is 0.280. The van der Waals surface area contributed by atoms with Gasteiger partial charge in [0.1, 0.15) is 12.3 Å². The molecule has 0 saturated carbocycles. The summed E-state index contributed by atoms with van der Waals surface area (Å²) in [6.45, 7) is 3.03. The molecule has 0 aliphatic heterocycles.